The highest BCUT2D eigenvalue weighted by molar-refractivity contribution is 5.81. The molecule has 2 rings (SSSR count). The maximum atomic E-state index is 12.0. The minimum absolute atomic E-state index is 0.266. The summed E-state index contributed by atoms with van der Waals surface area (Å²) in [5.41, 5.74) is 3.64. The molecular formula is C17H25NO2. The predicted molar refractivity (Wildman–Crippen MR) is 81.1 cm³/mol. The summed E-state index contributed by atoms with van der Waals surface area (Å²) in [6.45, 7) is 6.80. The Kier molecular flexibility index (Phi) is 5.74. The Hall–Kier alpha value is -1.19. The first-order valence-corrected chi connectivity index (χ1v) is 7.55. The van der Waals surface area contributed by atoms with Gasteiger partial charge >= 0.3 is 0 Å². The normalized spacial score (nSPS) is 16.3. The molecule has 1 heterocycles. The molecule has 0 radical (unpaired) electrons. The van der Waals surface area contributed by atoms with Gasteiger partial charge in [0.05, 0.1) is 12.7 Å². The third kappa shape index (κ3) is 4.73. The van der Waals surface area contributed by atoms with Crippen molar-refractivity contribution in [2.75, 3.05) is 19.7 Å². The standard InChI is InChI=1S/C17H25NO2/c1-13-3-4-15(11-14(13)2)12-16(19)7-10-20-17-5-8-18-9-6-17/h3-4,11,17-18H,5-10,12H2,1-2H3. The van der Waals surface area contributed by atoms with Gasteiger partial charge in [-0.05, 0) is 56.5 Å². The Morgan fingerprint density at radius 1 is 1.25 bits per heavy atom. The molecule has 1 aromatic rings. The molecule has 0 unspecified atom stereocenters. The number of nitrogens with one attached hydrogen (secondary N) is 1. The van der Waals surface area contributed by atoms with Crippen LogP contribution in [0.3, 0.4) is 0 Å². The fraction of sp³-hybridized carbons (Fsp3) is 0.588. The first-order valence-electron chi connectivity index (χ1n) is 7.55. The molecule has 0 aromatic heterocycles. The molecule has 0 saturated carbocycles. The molecule has 1 aliphatic rings. The number of ketones is 1. The van der Waals surface area contributed by atoms with Crippen molar-refractivity contribution < 1.29 is 9.53 Å². The first-order chi connectivity index (χ1) is 9.65. The molecule has 20 heavy (non-hydrogen) atoms. The van der Waals surface area contributed by atoms with E-state index in [0.717, 1.165) is 31.5 Å². The van der Waals surface area contributed by atoms with Crippen LogP contribution in [0, 0.1) is 13.8 Å². The van der Waals surface area contributed by atoms with Crippen molar-refractivity contribution >= 4 is 5.78 Å². The van der Waals surface area contributed by atoms with Gasteiger partial charge in [-0.25, -0.2) is 0 Å². The number of ether oxygens (including phenoxy) is 1. The number of Topliss-reactive ketones (excluding diaryl/α,β-unsaturated/α-hetero) is 1. The van der Waals surface area contributed by atoms with Crippen molar-refractivity contribution in [3.8, 4) is 0 Å². The molecular weight excluding hydrogens is 250 g/mol. The number of carbonyl (C=O) groups is 1. The van der Waals surface area contributed by atoms with Gasteiger partial charge in [0.2, 0.25) is 0 Å². The Morgan fingerprint density at radius 2 is 2.00 bits per heavy atom. The van der Waals surface area contributed by atoms with Gasteiger partial charge in [0, 0.05) is 12.8 Å². The van der Waals surface area contributed by atoms with Crippen LogP contribution < -0.4 is 5.32 Å². The van der Waals surface area contributed by atoms with Crippen LogP contribution in [0.15, 0.2) is 18.2 Å². The lowest BCUT2D eigenvalue weighted by atomic mass is 10.0. The fourth-order valence-electron chi connectivity index (χ4n) is 2.53. The highest BCUT2D eigenvalue weighted by Gasteiger charge is 2.13. The van der Waals surface area contributed by atoms with Crippen molar-refractivity contribution in [1.82, 2.24) is 5.32 Å². The van der Waals surface area contributed by atoms with Crippen molar-refractivity contribution in [3.05, 3.63) is 34.9 Å². The van der Waals surface area contributed by atoms with Gasteiger partial charge < -0.3 is 10.1 Å². The van der Waals surface area contributed by atoms with E-state index in [4.69, 9.17) is 4.74 Å². The van der Waals surface area contributed by atoms with Crippen molar-refractivity contribution in [1.29, 1.82) is 0 Å². The Bertz CT molecular complexity index is 450. The summed E-state index contributed by atoms with van der Waals surface area (Å²) in [5, 5.41) is 3.31. The van der Waals surface area contributed by atoms with E-state index < -0.39 is 0 Å². The van der Waals surface area contributed by atoms with Gasteiger partial charge in [-0.15, -0.1) is 0 Å². The van der Waals surface area contributed by atoms with Crippen LogP contribution in [-0.4, -0.2) is 31.6 Å². The topological polar surface area (TPSA) is 38.3 Å². The van der Waals surface area contributed by atoms with E-state index in [0.29, 0.717) is 25.6 Å². The van der Waals surface area contributed by atoms with Crippen molar-refractivity contribution in [3.63, 3.8) is 0 Å². The SMILES string of the molecule is Cc1ccc(CC(=O)CCOC2CCNCC2)cc1C. The zero-order chi connectivity index (χ0) is 14.4. The second-order valence-corrected chi connectivity index (χ2v) is 5.70. The largest absolute Gasteiger partial charge is 0.378 e. The maximum Gasteiger partial charge on any atom is 0.139 e. The van der Waals surface area contributed by atoms with Crippen LogP contribution in [0.1, 0.15) is 36.0 Å². The monoisotopic (exact) mass is 275 g/mol. The summed E-state index contributed by atoms with van der Waals surface area (Å²) >= 11 is 0. The molecule has 1 saturated heterocycles. The highest BCUT2D eigenvalue weighted by Crippen LogP contribution is 2.12. The van der Waals surface area contributed by atoms with E-state index in [9.17, 15) is 4.79 Å². The van der Waals surface area contributed by atoms with Crippen LogP contribution in [-0.2, 0) is 16.0 Å². The van der Waals surface area contributed by atoms with E-state index in [1.807, 2.05) is 6.07 Å². The summed E-state index contributed by atoms with van der Waals surface area (Å²) in [6, 6.07) is 6.25. The van der Waals surface area contributed by atoms with Crippen LogP contribution in [0.25, 0.3) is 0 Å². The number of hydrogen-bond donors (Lipinski definition) is 1. The van der Waals surface area contributed by atoms with Gasteiger partial charge in [0.15, 0.2) is 0 Å². The van der Waals surface area contributed by atoms with E-state index >= 15 is 0 Å². The molecule has 1 N–H and O–H groups in total. The molecule has 0 atom stereocenters. The molecule has 1 aliphatic heterocycles. The Balaban J connectivity index is 1.70. The van der Waals surface area contributed by atoms with Gasteiger partial charge in [-0.2, -0.15) is 0 Å². The minimum Gasteiger partial charge on any atom is -0.378 e. The lowest BCUT2D eigenvalue weighted by Gasteiger charge is -2.22. The average molecular weight is 275 g/mol. The second-order valence-electron chi connectivity index (χ2n) is 5.70. The number of aryl methyl sites for hydroxylation is 2. The van der Waals surface area contributed by atoms with E-state index in [1.165, 1.54) is 11.1 Å². The van der Waals surface area contributed by atoms with Crippen LogP contribution in [0.2, 0.25) is 0 Å². The molecule has 0 aliphatic carbocycles. The Morgan fingerprint density at radius 3 is 2.70 bits per heavy atom. The number of benzene rings is 1. The van der Waals surface area contributed by atoms with Crippen molar-refractivity contribution in [2.45, 2.75) is 45.6 Å². The number of piperidine rings is 1. The molecule has 3 nitrogen and oxygen atoms in total. The zero-order valence-electron chi connectivity index (χ0n) is 12.6. The molecule has 0 spiro atoms. The summed E-state index contributed by atoms with van der Waals surface area (Å²) in [4.78, 5) is 12.0. The van der Waals surface area contributed by atoms with Gasteiger partial charge in [-0.3, -0.25) is 4.79 Å². The quantitative estimate of drug-likeness (QED) is 0.867. The lowest BCUT2D eigenvalue weighted by molar-refractivity contribution is -0.120. The van der Waals surface area contributed by atoms with Gasteiger partial charge in [0.1, 0.15) is 5.78 Å². The minimum atomic E-state index is 0.266. The lowest BCUT2D eigenvalue weighted by Crippen LogP contribution is -2.32. The zero-order valence-corrected chi connectivity index (χ0v) is 12.6. The molecule has 1 fully saturated rings. The van der Waals surface area contributed by atoms with Gasteiger partial charge in [-0.1, -0.05) is 18.2 Å². The Labute approximate surface area is 121 Å². The number of rotatable bonds is 6. The van der Waals surface area contributed by atoms with E-state index in [1.54, 1.807) is 0 Å². The first kappa shape index (κ1) is 15.2. The molecule has 0 bridgehead atoms. The molecule has 1 aromatic carbocycles. The third-order valence-electron chi connectivity index (χ3n) is 3.99. The smallest absolute Gasteiger partial charge is 0.139 e. The summed E-state index contributed by atoms with van der Waals surface area (Å²) in [5.74, 6) is 0.266. The molecule has 0 amide bonds. The predicted octanol–water partition coefficient (Wildman–Crippen LogP) is 2.57. The maximum absolute atomic E-state index is 12.0. The number of carbonyl (C=O) groups excluding carboxylic acids is 1. The highest BCUT2D eigenvalue weighted by atomic mass is 16.5. The van der Waals surface area contributed by atoms with Gasteiger partial charge in [0.25, 0.3) is 0 Å². The fourth-order valence-corrected chi connectivity index (χ4v) is 2.53. The van der Waals surface area contributed by atoms with E-state index in [2.05, 4.69) is 31.3 Å². The van der Waals surface area contributed by atoms with Crippen LogP contribution >= 0.6 is 0 Å². The van der Waals surface area contributed by atoms with Crippen molar-refractivity contribution in [2.24, 2.45) is 0 Å². The van der Waals surface area contributed by atoms with Crippen LogP contribution in [0.4, 0.5) is 0 Å². The summed E-state index contributed by atoms with van der Waals surface area (Å²) < 4.78 is 5.77. The number of hydrogen-bond acceptors (Lipinski definition) is 3. The van der Waals surface area contributed by atoms with E-state index in [-0.39, 0.29) is 5.78 Å². The summed E-state index contributed by atoms with van der Waals surface area (Å²) in [7, 11) is 0. The third-order valence-corrected chi connectivity index (χ3v) is 3.99. The van der Waals surface area contributed by atoms with Crippen LogP contribution in [0.5, 0.6) is 0 Å². The average Bonchev–Trinajstić information content (AvgIpc) is 2.44. The summed E-state index contributed by atoms with van der Waals surface area (Å²) in [6.07, 6.45) is 3.51. The second kappa shape index (κ2) is 7.55. The molecule has 110 valence electrons. The molecule has 3 heteroatoms.